The van der Waals surface area contributed by atoms with E-state index in [2.05, 4.69) is 20.7 Å². The van der Waals surface area contributed by atoms with Crippen LogP contribution in [0.2, 0.25) is 10.0 Å². The Bertz CT molecular complexity index is 1120. The van der Waals surface area contributed by atoms with Crippen molar-refractivity contribution in [1.82, 2.24) is 29.8 Å². The van der Waals surface area contributed by atoms with Gasteiger partial charge in [-0.25, -0.2) is 14.5 Å². The number of urea groups is 1. The fraction of sp³-hybridized carbons (Fsp3) is 0.105. The van der Waals surface area contributed by atoms with E-state index in [1.807, 2.05) is 35.0 Å². The molecule has 0 unspecified atom stereocenters. The molecule has 7 nitrogen and oxygen atoms in total. The van der Waals surface area contributed by atoms with Gasteiger partial charge in [0, 0.05) is 35.7 Å². The minimum Gasteiger partial charge on any atom is -0.334 e. The molecule has 0 fully saturated rings. The number of carbonyl (C=O) groups is 1. The van der Waals surface area contributed by atoms with Gasteiger partial charge in [0.1, 0.15) is 5.65 Å². The van der Waals surface area contributed by atoms with Gasteiger partial charge in [-0.1, -0.05) is 23.2 Å². The Balaban J connectivity index is 1.30. The molecule has 0 spiro atoms. The molecule has 0 bridgehead atoms. The zero-order valence-corrected chi connectivity index (χ0v) is 16.2. The third-order valence-electron chi connectivity index (χ3n) is 4.08. The van der Waals surface area contributed by atoms with E-state index >= 15 is 0 Å². The summed E-state index contributed by atoms with van der Waals surface area (Å²) in [4.78, 5) is 16.5. The molecular weight excluding hydrogens is 399 g/mol. The molecule has 0 atom stereocenters. The number of carbonyl (C=O) groups excluding carboxylic acids is 1. The van der Waals surface area contributed by atoms with Crippen LogP contribution in [-0.4, -0.2) is 25.2 Å². The highest BCUT2D eigenvalue weighted by atomic mass is 35.5. The maximum Gasteiger partial charge on any atom is 0.315 e. The Labute approximate surface area is 170 Å². The maximum atomic E-state index is 12.1. The number of hydrogen-bond donors (Lipinski definition) is 2. The predicted octanol–water partition coefficient (Wildman–Crippen LogP) is 3.83. The first kappa shape index (κ1) is 18.3. The number of rotatable bonds is 5. The van der Waals surface area contributed by atoms with Crippen LogP contribution in [0.5, 0.6) is 0 Å². The van der Waals surface area contributed by atoms with Crippen molar-refractivity contribution < 1.29 is 4.79 Å². The van der Waals surface area contributed by atoms with E-state index in [0.717, 1.165) is 22.6 Å². The van der Waals surface area contributed by atoms with E-state index in [1.54, 1.807) is 35.3 Å². The number of fused-ring (bicyclic) bond motifs is 1. The lowest BCUT2D eigenvalue weighted by Gasteiger charge is -2.05. The highest BCUT2D eigenvalue weighted by Crippen LogP contribution is 2.14. The van der Waals surface area contributed by atoms with Crippen molar-refractivity contribution in [2.24, 2.45) is 0 Å². The summed E-state index contributed by atoms with van der Waals surface area (Å²) in [5.74, 6) is 0. The van der Waals surface area contributed by atoms with Gasteiger partial charge in [0.15, 0.2) is 0 Å². The topological polar surface area (TPSA) is 76.2 Å². The summed E-state index contributed by atoms with van der Waals surface area (Å²) >= 11 is 11.9. The van der Waals surface area contributed by atoms with Gasteiger partial charge in [-0.3, -0.25) is 0 Å². The quantitative estimate of drug-likeness (QED) is 0.520. The van der Waals surface area contributed by atoms with Crippen molar-refractivity contribution in [3.8, 4) is 5.69 Å². The smallest absolute Gasteiger partial charge is 0.315 e. The summed E-state index contributed by atoms with van der Waals surface area (Å²) in [6.07, 6.45) is 7.17. The van der Waals surface area contributed by atoms with Gasteiger partial charge in [-0.05, 0) is 36.4 Å². The zero-order valence-electron chi connectivity index (χ0n) is 14.6. The molecule has 142 valence electrons. The Morgan fingerprint density at radius 1 is 0.929 bits per heavy atom. The van der Waals surface area contributed by atoms with E-state index in [-0.39, 0.29) is 6.03 Å². The van der Waals surface area contributed by atoms with E-state index < -0.39 is 0 Å². The Hall–Kier alpha value is -3.03. The molecule has 0 saturated carbocycles. The minimum atomic E-state index is -0.283. The van der Waals surface area contributed by atoms with Crippen LogP contribution in [0.15, 0.2) is 61.2 Å². The van der Waals surface area contributed by atoms with Crippen molar-refractivity contribution in [2.75, 3.05) is 0 Å². The van der Waals surface area contributed by atoms with Gasteiger partial charge in [-0.15, -0.1) is 0 Å². The number of nitrogens with zero attached hydrogens (tertiary/aromatic N) is 4. The Kier molecular flexibility index (Phi) is 5.18. The molecule has 0 saturated heterocycles. The molecule has 9 heteroatoms. The monoisotopic (exact) mass is 414 g/mol. The minimum absolute atomic E-state index is 0.283. The highest BCUT2D eigenvalue weighted by molar-refractivity contribution is 6.30. The first-order chi connectivity index (χ1) is 13.6. The Morgan fingerprint density at radius 3 is 2.50 bits per heavy atom. The van der Waals surface area contributed by atoms with Crippen LogP contribution in [0, 0.1) is 0 Å². The number of halogens is 2. The second-order valence-electron chi connectivity index (χ2n) is 6.15. The SMILES string of the molecule is O=C(NCc1cnn(-c2ccc(Cl)cc2)c1)NCc1cn2cc(Cl)ccc2n1. The summed E-state index contributed by atoms with van der Waals surface area (Å²) in [7, 11) is 0. The predicted molar refractivity (Wildman–Crippen MR) is 108 cm³/mol. The number of hydrogen-bond acceptors (Lipinski definition) is 3. The van der Waals surface area contributed by atoms with Gasteiger partial charge in [0.25, 0.3) is 0 Å². The van der Waals surface area contributed by atoms with Crippen molar-refractivity contribution in [3.05, 3.63) is 82.5 Å². The fourth-order valence-electron chi connectivity index (χ4n) is 2.70. The number of aromatic nitrogens is 4. The van der Waals surface area contributed by atoms with E-state index in [4.69, 9.17) is 23.2 Å². The van der Waals surface area contributed by atoms with Crippen molar-refractivity contribution in [3.63, 3.8) is 0 Å². The number of pyridine rings is 1. The van der Waals surface area contributed by atoms with E-state index in [0.29, 0.717) is 23.1 Å². The van der Waals surface area contributed by atoms with Gasteiger partial charge < -0.3 is 15.0 Å². The molecule has 0 aliphatic heterocycles. The second-order valence-corrected chi connectivity index (χ2v) is 7.02. The van der Waals surface area contributed by atoms with E-state index in [9.17, 15) is 4.79 Å². The van der Waals surface area contributed by atoms with Crippen LogP contribution in [0.1, 0.15) is 11.3 Å². The van der Waals surface area contributed by atoms with Crippen LogP contribution < -0.4 is 10.6 Å². The third kappa shape index (κ3) is 4.27. The zero-order chi connectivity index (χ0) is 19.5. The number of nitrogens with one attached hydrogen (secondary N) is 2. The van der Waals surface area contributed by atoms with Crippen LogP contribution in [0.25, 0.3) is 11.3 Å². The standard InChI is InChI=1S/C19H16Cl2N6O/c20-14-1-4-17(5-2-14)27-10-13(8-24-27)7-22-19(28)23-9-16-12-26-11-15(21)3-6-18(26)25-16/h1-6,8,10-12H,7,9H2,(H2,22,23,28). The second kappa shape index (κ2) is 7.92. The number of benzene rings is 1. The van der Waals surface area contributed by atoms with Gasteiger partial charge >= 0.3 is 6.03 Å². The maximum absolute atomic E-state index is 12.1. The molecule has 3 heterocycles. The summed E-state index contributed by atoms with van der Waals surface area (Å²) < 4.78 is 3.55. The number of amides is 2. The van der Waals surface area contributed by atoms with Crippen LogP contribution in [-0.2, 0) is 13.1 Å². The van der Waals surface area contributed by atoms with Crippen molar-refractivity contribution >= 4 is 34.9 Å². The summed E-state index contributed by atoms with van der Waals surface area (Å²) in [5, 5.41) is 11.2. The molecule has 4 aromatic rings. The lowest BCUT2D eigenvalue weighted by molar-refractivity contribution is 0.240. The molecule has 28 heavy (non-hydrogen) atoms. The lowest BCUT2D eigenvalue weighted by atomic mass is 10.3. The third-order valence-corrected chi connectivity index (χ3v) is 4.55. The van der Waals surface area contributed by atoms with Crippen LogP contribution in [0.4, 0.5) is 4.79 Å². The first-order valence-corrected chi connectivity index (χ1v) is 9.27. The molecule has 1 aromatic carbocycles. The average molecular weight is 415 g/mol. The molecule has 0 radical (unpaired) electrons. The molecule has 2 amide bonds. The lowest BCUT2D eigenvalue weighted by Crippen LogP contribution is -2.34. The van der Waals surface area contributed by atoms with E-state index in [1.165, 1.54) is 0 Å². The molecule has 0 aliphatic rings. The molecule has 4 rings (SSSR count). The number of imidazole rings is 1. The highest BCUT2D eigenvalue weighted by Gasteiger charge is 2.06. The fourth-order valence-corrected chi connectivity index (χ4v) is 3.00. The van der Waals surface area contributed by atoms with Crippen molar-refractivity contribution in [2.45, 2.75) is 13.1 Å². The normalized spacial score (nSPS) is 10.9. The summed E-state index contributed by atoms with van der Waals surface area (Å²) in [5.41, 5.74) is 3.30. The first-order valence-electron chi connectivity index (χ1n) is 8.51. The average Bonchev–Trinajstić information content (AvgIpc) is 3.31. The largest absolute Gasteiger partial charge is 0.334 e. The van der Waals surface area contributed by atoms with Gasteiger partial charge in [0.05, 0.1) is 29.1 Å². The van der Waals surface area contributed by atoms with Crippen LogP contribution in [0.3, 0.4) is 0 Å². The van der Waals surface area contributed by atoms with Crippen molar-refractivity contribution in [1.29, 1.82) is 0 Å². The molecule has 2 N–H and O–H groups in total. The summed E-state index contributed by atoms with van der Waals surface area (Å²) in [6.45, 7) is 0.676. The summed E-state index contributed by atoms with van der Waals surface area (Å²) in [6, 6.07) is 10.7. The van der Waals surface area contributed by atoms with Gasteiger partial charge in [0.2, 0.25) is 0 Å². The Morgan fingerprint density at radius 2 is 1.68 bits per heavy atom. The van der Waals surface area contributed by atoms with Gasteiger partial charge in [-0.2, -0.15) is 5.10 Å². The molecular formula is C19H16Cl2N6O. The van der Waals surface area contributed by atoms with Crippen LogP contribution >= 0.6 is 23.2 Å². The molecule has 0 aliphatic carbocycles. The molecule has 3 aromatic heterocycles.